The molecule has 43 heteroatoms. The number of esters is 4. The molecule has 4 fully saturated rings. The Labute approximate surface area is 594 Å². The van der Waals surface area contributed by atoms with Gasteiger partial charge in [-0.15, -0.1) is 0 Å². The number of hydrogen-bond donors (Lipinski definition) is 16. The van der Waals surface area contributed by atoms with Crippen LogP contribution in [0.3, 0.4) is 0 Å². The summed E-state index contributed by atoms with van der Waals surface area (Å²) >= 11 is 19.2. The second kappa shape index (κ2) is 34.6. The number of aliphatic hydroxyl groups is 8. The van der Waals surface area contributed by atoms with Crippen molar-refractivity contribution in [2.45, 2.75) is 177 Å². The minimum Gasteiger partial charge on any atom is -0.458 e. The number of H-pyrrole nitrogens is 3. The molecule has 3 aromatic heterocycles. The number of nitrogens with zero attached hydrogens (tertiary/aromatic N) is 4. The quantitative estimate of drug-likeness (QED) is 0.0241. The van der Waals surface area contributed by atoms with Crippen LogP contribution in [0.2, 0.25) is 0 Å². The van der Waals surface area contributed by atoms with Crippen LogP contribution in [-0.4, -0.2) is 232 Å². The molecular formula is C57H82F4N12O23S4. The number of ether oxygens (including phenoxy) is 8. The van der Waals surface area contributed by atoms with Crippen LogP contribution in [0.4, 0.5) is 17.6 Å². The number of alkyl halides is 4. The van der Waals surface area contributed by atoms with Crippen LogP contribution in [0.5, 0.6) is 0 Å². The summed E-state index contributed by atoms with van der Waals surface area (Å²) in [5, 5.41) is 83.1. The number of carbonyl (C=O) groups is 4. The van der Waals surface area contributed by atoms with Crippen LogP contribution in [0.25, 0.3) is 0 Å². The fraction of sp³-hybridized carbons (Fsp3) is 0.632. The Bertz CT molecular complexity index is 4140. The molecular weight excluding hydrogens is 1420 g/mol. The maximum absolute atomic E-state index is 15.4. The first-order chi connectivity index (χ1) is 48.5. The first-order valence-electron chi connectivity index (χ1n) is 32.7. The van der Waals surface area contributed by atoms with E-state index in [1.54, 1.807) is 55.4 Å². The highest BCUT2D eigenvalue weighted by atomic mass is 32.1. The van der Waals surface area contributed by atoms with E-state index in [9.17, 15) is 83.2 Å². The molecule has 5 aliphatic heterocycles. The van der Waals surface area contributed by atoms with Crippen molar-refractivity contribution < 1.29 is 124 Å². The molecule has 0 aromatic carbocycles. The van der Waals surface area contributed by atoms with E-state index in [4.69, 9.17) is 108 Å². The first-order valence-corrected chi connectivity index (χ1v) is 31.3. The highest BCUT2D eigenvalue weighted by Gasteiger charge is 2.61. The van der Waals surface area contributed by atoms with E-state index < -0.39 is 200 Å². The number of nitrogens with two attached hydrogens (primary N) is 4. The van der Waals surface area contributed by atoms with Crippen molar-refractivity contribution in [3.05, 3.63) is 107 Å². The van der Waals surface area contributed by atoms with Gasteiger partial charge in [0.15, 0.2) is 51.2 Å². The molecule has 0 unspecified atom stereocenters. The number of aliphatic hydroxyl groups excluding tert-OH is 8. The Morgan fingerprint density at radius 2 is 0.830 bits per heavy atom. The van der Waals surface area contributed by atoms with Gasteiger partial charge >= 0.3 is 40.9 Å². The molecule has 0 aliphatic carbocycles. The van der Waals surface area contributed by atoms with E-state index >= 15 is 8.78 Å². The molecule has 3 aromatic rings. The lowest BCUT2D eigenvalue weighted by Crippen LogP contribution is -2.46. The normalized spacial score (nSPS) is 33.9. The van der Waals surface area contributed by atoms with Crippen molar-refractivity contribution in [1.82, 2.24) is 38.9 Å². The molecule has 0 radical (unpaired) electrons. The predicted molar refractivity (Wildman–Crippen MR) is 347 cm³/mol. The number of carbonyl (C=O) groups excluding carboxylic acids is 4. The van der Waals surface area contributed by atoms with E-state index in [0.717, 1.165) is 28.1 Å². The SMILES string of the molecule is CC(C)[C@H](N)C(=O)OC[C@@]1(F)O[C@@H](n2ccc(=S)[nH]c2=O)[C@H](O)[C@@H]1O.[2H]C([2H])(OC(=O)[C@@H](N)C(C)C)[C@@]1(F)O[C@@H](n2ccc(=S)[nH]c2=O)[C@H](O)[C@@H]1O.[2H]C([2H])(OC(=O)[C@@H](N)C(C)C)[C@@]1(F)O[C@@]([2H])(N2C=CC(=S)NC2=C)[C@H](O)[C@@H]1O.[2H][C@@]1(n2ccc(=S)[nH]c2=O)O[C@](F)(COC(=O)[C@@H](N)C(C)C)[C@@H](O)[C@H]1O. The molecule has 20 atom stereocenters. The van der Waals surface area contributed by atoms with Crippen molar-refractivity contribution >= 4 is 77.7 Å². The standard InChI is InChI=1S/C15H22FN3O5S.3C14H20FN3O6S/c1-7(2)10(17)14(22)23-6-15(16)12(21)11(20)13(24-15)19-5-4-9(25)18-8(19)3;3*1-6(2)8(16)12(21)23-5-14(15)10(20)9(19)11(24-14)18-4-3-7(25)17-13(18)22/h4-5,7,10-13,20-21H,3,6,17H2,1-2H3,(H,18,25);3*3-4,6,8-11,19-20H,5,16H2,1-2H3,(H,17,22,25)/t10-,11+,12-,13+,15+;3*8-,9+,10-,11+,14+/m0000/s1/i6D2,13D;11D;5D2;. The third-order valence-electron chi connectivity index (χ3n) is 15.0. The van der Waals surface area contributed by atoms with Crippen LogP contribution < -0.4 is 45.3 Å². The Hall–Kier alpha value is -6.57. The van der Waals surface area contributed by atoms with E-state index in [-0.39, 0.29) is 36.6 Å². The summed E-state index contributed by atoms with van der Waals surface area (Å²) in [6.45, 7) is 7.31. The number of hydrogen-bond acceptors (Lipinski definition) is 32. The van der Waals surface area contributed by atoms with Gasteiger partial charge in [-0.25, -0.2) is 31.9 Å². The average molecular weight is 1510 g/mol. The number of halogens is 4. The Kier molecular flexibility index (Phi) is 25.8. The molecule has 0 amide bonds. The molecule has 8 heterocycles. The molecule has 5 aliphatic rings. The van der Waals surface area contributed by atoms with Crippen molar-refractivity contribution in [3.63, 3.8) is 0 Å². The molecule has 100 heavy (non-hydrogen) atoms. The zero-order valence-corrected chi connectivity index (χ0v) is 57.3. The van der Waals surface area contributed by atoms with Gasteiger partial charge in [-0.1, -0.05) is 111 Å². The lowest BCUT2D eigenvalue weighted by atomic mass is 10.1. The second-order valence-corrected chi connectivity index (χ2v) is 25.6. The minimum atomic E-state index is -3.79. The molecule has 0 spiro atoms. The second-order valence-electron chi connectivity index (χ2n) is 23.9. The smallest absolute Gasteiger partial charge is 0.328 e. The Morgan fingerprint density at radius 1 is 0.530 bits per heavy atom. The van der Waals surface area contributed by atoms with Gasteiger partial charge in [-0.3, -0.25) is 47.8 Å². The van der Waals surface area contributed by atoms with Crippen LogP contribution >= 0.6 is 48.9 Å². The zero-order chi connectivity index (χ0) is 81.2. The average Bonchev–Trinajstić information content (AvgIpc) is 1.49. The van der Waals surface area contributed by atoms with Crippen LogP contribution in [-0.2, 0) is 57.1 Å². The van der Waals surface area contributed by atoms with Gasteiger partial charge in [0.05, 0.1) is 8.22 Å². The number of thiocarbonyl (C=S) groups is 1. The summed E-state index contributed by atoms with van der Waals surface area (Å²) in [6.07, 6.45) is -20.7. The Morgan fingerprint density at radius 3 is 1.20 bits per heavy atom. The largest absolute Gasteiger partial charge is 0.458 e. The minimum absolute atomic E-state index is 0.0472. The molecule has 0 bridgehead atoms. The molecule has 20 N–H and O–H groups in total. The molecule has 0 saturated carbocycles. The first kappa shape index (κ1) is 74.6. The highest BCUT2D eigenvalue weighted by molar-refractivity contribution is 7.80. The summed E-state index contributed by atoms with van der Waals surface area (Å²) in [5.41, 5.74) is 19.7. The van der Waals surface area contributed by atoms with E-state index in [1.165, 1.54) is 30.5 Å². The third kappa shape index (κ3) is 20.0. The van der Waals surface area contributed by atoms with Crippen molar-refractivity contribution in [1.29, 1.82) is 0 Å². The van der Waals surface area contributed by atoms with Crippen molar-refractivity contribution in [2.24, 2.45) is 46.6 Å². The van der Waals surface area contributed by atoms with E-state index in [0.29, 0.717) is 9.13 Å². The summed E-state index contributed by atoms with van der Waals surface area (Å²) in [5.74, 6) is -19.3. The van der Waals surface area contributed by atoms with Gasteiger partial charge in [0.2, 0.25) is 0 Å². The van der Waals surface area contributed by atoms with Gasteiger partial charge in [0.25, 0.3) is 23.4 Å². The zero-order valence-electron chi connectivity index (χ0n) is 60.1. The van der Waals surface area contributed by atoms with Crippen LogP contribution in [0.15, 0.2) is 75.8 Å². The molecule has 35 nitrogen and oxygen atoms in total. The lowest BCUT2D eigenvalue weighted by molar-refractivity contribution is -0.219. The van der Waals surface area contributed by atoms with E-state index in [2.05, 4.69) is 36.3 Å². The lowest BCUT2D eigenvalue weighted by Gasteiger charge is -2.33. The fourth-order valence-corrected chi connectivity index (χ4v) is 9.09. The summed E-state index contributed by atoms with van der Waals surface area (Å²) in [4.78, 5) is 90.8. The topological polar surface area (TPSA) is 537 Å². The van der Waals surface area contributed by atoms with Crippen LogP contribution in [0.1, 0.15) is 82.3 Å². The summed E-state index contributed by atoms with van der Waals surface area (Å²) < 4.78 is 148. The van der Waals surface area contributed by atoms with Crippen molar-refractivity contribution in [3.8, 4) is 0 Å². The van der Waals surface area contributed by atoms with Gasteiger partial charge in [0, 0.05) is 24.8 Å². The number of aromatic amines is 3. The van der Waals surface area contributed by atoms with Crippen molar-refractivity contribution in [2.75, 3.05) is 26.3 Å². The fourth-order valence-electron chi connectivity index (χ4n) is 8.47. The molecule has 560 valence electrons. The summed E-state index contributed by atoms with van der Waals surface area (Å²) in [6, 6.07) is -0.723. The maximum atomic E-state index is 15.4. The number of rotatable bonds is 20. The van der Waals surface area contributed by atoms with Gasteiger partial charge in [-0.2, -0.15) is 0 Å². The summed E-state index contributed by atoms with van der Waals surface area (Å²) in [7, 11) is 0. The third-order valence-corrected chi connectivity index (χ3v) is 15.9. The maximum Gasteiger partial charge on any atom is 0.328 e. The number of aromatic nitrogens is 6. The highest BCUT2D eigenvalue weighted by Crippen LogP contribution is 2.41. The van der Waals surface area contributed by atoms with Gasteiger partial charge in [-0.05, 0) is 47.9 Å². The monoisotopic (exact) mass is 1510 g/mol. The van der Waals surface area contributed by atoms with Gasteiger partial charge < -0.3 is 112 Å². The van der Waals surface area contributed by atoms with Crippen LogP contribution in [0, 0.1) is 37.6 Å². The van der Waals surface area contributed by atoms with Gasteiger partial charge in [0.1, 0.15) is 97.7 Å². The Balaban J connectivity index is 0.000000254. The number of nitrogens with one attached hydrogen (secondary N) is 4. The van der Waals surface area contributed by atoms with E-state index in [1.807, 2.05) is 0 Å². The predicted octanol–water partition coefficient (Wildman–Crippen LogP) is -2.48. The molecule has 4 saturated heterocycles. The molecule has 8 rings (SSSR count).